The highest BCUT2D eigenvalue weighted by molar-refractivity contribution is 6.74. The molecule has 0 aliphatic carbocycles. The number of nitrogens with zero attached hydrogens (tertiary/aromatic N) is 1. The molecule has 5 atom stereocenters. The van der Waals surface area contributed by atoms with E-state index >= 15 is 0 Å². The number of hydrazine groups is 1. The number of ketones is 1. The number of fused-ring (bicyclic) bond motifs is 2. The summed E-state index contributed by atoms with van der Waals surface area (Å²) >= 11 is 0. The first kappa shape index (κ1) is 41.4. The SMILES string of the molecule is CO[C@@H]1CC/C=C/CCCCOC(=O)[C@@H]2CCCN(N2)C(=O)[C@H](Cc2cccc(O[Si](C)(C)C(C)(C)C)c2)NC(=O)[C@H](C(C)C)CC(=O)[C@@H]1C. The van der Waals surface area contributed by atoms with E-state index in [1.807, 2.05) is 45.0 Å². The Morgan fingerprint density at radius 3 is 2.42 bits per heavy atom. The molecule has 1 fully saturated rings. The molecule has 0 radical (unpaired) electrons. The molecule has 10 nitrogen and oxygen atoms in total. The number of hydrogen-bond donors (Lipinski definition) is 2. The van der Waals surface area contributed by atoms with Gasteiger partial charge in [-0.05, 0) is 86.7 Å². The van der Waals surface area contributed by atoms with Crippen LogP contribution in [-0.4, -0.2) is 75.3 Å². The Bertz CT molecular complexity index is 1320. The molecule has 0 spiro atoms. The molecule has 2 amide bonds. The number of rotatable bonds is 6. The molecule has 1 saturated heterocycles. The second-order valence-corrected chi connectivity index (χ2v) is 20.6. The molecule has 0 aromatic heterocycles. The van der Waals surface area contributed by atoms with Crippen molar-refractivity contribution >= 4 is 31.9 Å². The van der Waals surface area contributed by atoms with E-state index in [1.165, 1.54) is 5.01 Å². The van der Waals surface area contributed by atoms with Crippen LogP contribution >= 0.6 is 0 Å². The standard InChI is InChI=1S/C39H63N3O7Si/c1-27(2)31-26-34(43)28(3)35(47-7)21-14-12-10-11-13-15-23-48-38(46)32-20-17-22-42(41-32)37(45)33(40-36(31)44)25-29-18-16-19-30(24-29)49-50(8,9)39(4,5)6/h10,12,16,18-19,24,27-28,31-33,35,41H,11,13-15,17,20-23,25-26H2,1-9H3,(H,40,44)/b12-10+/t28-,31-,32-,33-,35+/m0/s1. The molecule has 0 unspecified atom stereocenters. The van der Waals surface area contributed by atoms with E-state index in [2.05, 4.69) is 56.8 Å². The van der Waals surface area contributed by atoms with Gasteiger partial charge in [-0.25, -0.2) is 5.43 Å². The highest BCUT2D eigenvalue weighted by Crippen LogP contribution is 2.37. The zero-order valence-corrected chi connectivity index (χ0v) is 33.0. The lowest BCUT2D eigenvalue weighted by atomic mass is 9.84. The average Bonchev–Trinajstić information content (AvgIpc) is 3.05. The smallest absolute Gasteiger partial charge is 0.324 e. The van der Waals surface area contributed by atoms with Crippen molar-refractivity contribution in [3.8, 4) is 5.75 Å². The Balaban J connectivity index is 1.93. The van der Waals surface area contributed by atoms with Crippen molar-refractivity contribution in [2.24, 2.45) is 17.8 Å². The van der Waals surface area contributed by atoms with Gasteiger partial charge in [-0.15, -0.1) is 0 Å². The number of allylic oxidation sites excluding steroid dienone is 2. The number of hydrogen-bond acceptors (Lipinski definition) is 8. The molecule has 2 aliphatic heterocycles. The summed E-state index contributed by atoms with van der Waals surface area (Å²) in [5, 5.41) is 4.50. The highest BCUT2D eigenvalue weighted by Gasteiger charge is 2.39. The maximum absolute atomic E-state index is 14.3. The number of cyclic esters (lactones) is 1. The fourth-order valence-corrected chi connectivity index (χ4v) is 7.17. The van der Waals surface area contributed by atoms with E-state index in [-0.39, 0.29) is 59.4 Å². The van der Waals surface area contributed by atoms with Crippen molar-refractivity contribution in [2.45, 2.75) is 136 Å². The van der Waals surface area contributed by atoms with Crippen LogP contribution in [0, 0.1) is 17.8 Å². The Labute approximate surface area is 301 Å². The van der Waals surface area contributed by atoms with Gasteiger partial charge in [0.2, 0.25) is 14.2 Å². The Morgan fingerprint density at radius 1 is 1.02 bits per heavy atom. The molecule has 11 heteroatoms. The molecule has 2 N–H and O–H groups in total. The monoisotopic (exact) mass is 713 g/mol. The summed E-state index contributed by atoms with van der Waals surface area (Å²) < 4.78 is 17.9. The molecule has 1 aromatic rings. The van der Waals surface area contributed by atoms with Crippen LogP contribution in [0.15, 0.2) is 36.4 Å². The summed E-state index contributed by atoms with van der Waals surface area (Å²) in [6, 6.07) is 6.10. The third-order valence-electron chi connectivity index (χ3n) is 10.6. The van der Waals surface area contributed by atoms with Crippen molar-refractivity contribution in [1.29, 1.82) is 0 Å². The predicted octanol–water partition coefficient (Wildman–Crippen LogP) is 6.54. The van der Waals surface area contributed by atoms with Crippen LogP contribution in [0.1, 0.15) is 98.5 Å². The Hall–Kier alpha value is -3.02. The average molecular weight is 714 g/mol. The minimum Gasteiger partial charge on any atom is -0.543 e. The van der Waals surface area contributed by atoms with E-state index in [0.717, 1.165) is 37.0 Å². The number of Topliss-reactive ketones (excluding diaryl/α,β-unsaturated/α-hetero) is 1. The Morgan fingerprint density at radius 2 is 1.74 bits per heavy atom. The lowest BCUT2D eigenvalue weighted by molar-refractivity contribution is -0.153. The number of esters is 1. The number of methoxy groups -OCH3 is 1. The van der Waals surface area contributed by atoms with Crippen molar-refractivity contribution in [2.75, 3.05) is 20.3 Å². The number of amides is 2. The second-order valence-electron chi connectivity index (χ2n) is 15.9. The van der Waals surface area contributed by atoms with Crippen LogP contribution in [0.2, 0.25) is 18.1 Å². The van der Waals surface area contributed by atoms with Gasteiger partial charge in [0.1, 0.15) is 23.6 Å². The summed E-state index contributed by atoms with van der Waals surface area (Å²) in [4.78, 5) is 54.9. The predicted molar refractivity (Wildman–Crippen MR) is 199 cm³/mol. The number of carbonyl (C=O) groups is 4. The van der Waals surface area contributed by atoms with Gasteiger partial charge >= 0.3 is 5.97 Å². The van der Waals surface area contributed by atoms with Crippen molar-refractivity contribution < 1.29 is 33.1 Å². The van der Waals surface area contributed by atoms with E-state index in [9.17, 15) is 19.2 Å². The van der Waals surface area contributed by atoms with Crippen molar-refractivity contribution in [1.82, 2.24) is 15.8 Å². The molecule has 1 aromatic carbocycles. The third-order valence-corrected chi connectivity index (χ3v) is 15.0. The molecule has 2 bridgehead atoms. The summed E-state index contributed by atoms with van der Waals surface area (Å²) in [5.74, 6) is -1.55. The first-order valence-electron chi connectivity index (χ1n) is 18.6. The van der Waals surface area contributed by atoms with Gasteiger partial charge < -0.3 is 19.2 Å². The maximum atomic E-state index is 14.3. The van der Waals surface area contributed by atoms with E-state index < -0.39 is 26.3 Å². The van der Waals surface area contributed by atoms with Gasteiger partial charge in [0, 0.05) is 38.3 Å². The zero-order chi connectivity index (χ0) is 37.1. The van der Waals surface area contributed by atoms with E-state index in [0.29, 0.717) is 32.4 Å². The van der Waals surface area contributed by atoms with Crippen LogP contribution in [-0.2, 0) is 35.1 Å². The second kappa shape index (κ2) is 19.0. The molecule has 3 rings (SSSR count). The topological polar surface area (TPSA) is 123 Å². The first-order chi connectivity index (χ1) is 23.5. The van der Waals surface area contributed by atoms with Crippen molar-refractivity contribution in [3.63, 3.8) is 0 Å². The number of ether oxygens (including phenoxy) is 2. The molecular formula is C39H63N3O7Si. The minimum absolute atomic E-state index is 0.00367. The van der Waals surface area contributed by atoms with E-state index in [1.54, 1.807) is 7.11 Å². The van der Waals surface area contributed by atoms with E-state index in [4.69, 9.17) is 13.9 Å². The molecule has 50 heavy (non-hydrogen) atoms. The van der Waals surface area contributed by atoms with Gasteiger partial charge in [0.05, 0.1) is 12.7 Å². The van der Waals surface area contributed by atoms with Crippen LogP contribution in [0.4, 0.5) is 0 Å². The maximum Gasteiger partial charge on any atom is 0.324 e. The van der Waals surface area contributed by atoms with Gasteiger partial charge in [-0.2, -0.15) is 0 Å². The van der Waals surface area contributed by atoms with Crippen LogP contribution in [0.5, 0.6) is 5.75 Å². The molecule has 280 valence electrons. The van der Waals surface area contributed by atoms with Crippen LogP contribution in [0.25, 0.3) is 0 Å². The molecule has 2 heterocycles. The molecular weight excluding hydrogens is 651 g/mol. The van der Waals surface area contributed by atoms with Gasteiger partial charge in [-0.3, -0.25) is 24.2 Å². The zero-order valence-electron chi connectivity index (χ0n) is 32.0. The normalized spacial score (nSPS) is 26.8. The number of carbonyl (C=O) groups excluding carboxylic acids is 4. The lowest BCUT2D eigenvalue weighted by Crippen LogP contribution is -2.60. The van der Waals surface area contributed by atoms with Gasteiger partial charge in [0.25, 0.3) is 5.91 Å². The van der Waals surface area contributed by atoms with Crippen LogP contribution in [0.3, 0.4) is 0 Å². The third kappa shape index (κ3) is 12.0. The molecule has 0 saturated carbocycles. The molecule has 2 aliphatic rings. The number of benzene rings is 1. The van der Waals surface area contributed by atoms with Crippen molar-refractivity contribution in [3.05, 3.63) is 42.0 Å². The summed E-state index contributed by atoms with van der Waals surface area (Å²) in [6.07, 6.45) is 9.33. The summed E-state index contributed by atoms with van der Waals surface area (Å²) in [6.45, 7) is 17.3. The fraction of sp³-hybridized carbons (Fsp3) is 0.692. The summed E-state index contributed by atoms with van der Waals surface area (Å²) in [7, 11) is -0.502. The quantitative estimate of drug-likeness (QED) is 0.194. The minimum atomic E-state index is -2.13. The Kier molecular flexibility index (Phi) is 15.7. The number of nitrogens with one attached hydrogen (secondary N) is 2. The highest BCUT2D eigenvalue weighted by atomic mass is 28.4. The first-order valence-corrected chi connectivity index (χ1v) is 21.5. The van der Waals surface area contributed by atoms with Gasteiger partial charge in [-0.1, -0.05) is 65.8 Å². The fourth-order valence-electron chi connectivity index (χ4n) is 6.15. The lowest BCUT2D eigenvalue weighted by Gasteiger charge is -2.36. The van der Waals surface area contributed by atoms with Gasteiger partial charge in [0.15, 0.2) is 0 Å². The largest absolute Gasteiger partial charge is 0.543 e. The summed E-state index contributed by atoms with van der Waals surface area (Å²) in [5.41, 5.74) is 3.93. The van der Waals surface area contributed by atoms with Crippen LogP contribution < -0.4 is 15.2 Å².